The molecule has 0 bridgehead atoms. The number of fused-ring (bicyclic) bond motifs is 2. The summed E-state index contributed by atoms with van der Waals surface area (Å²) >= 11 is 7.66. The Kier molecular flexibility index (Phi) is 10.8. The van der Waals surface area contributed by atoms with Crippen LogP contribution < -0.4 is 0 Å². The molecule has 9 heteroatoms. The molecule has 2 aromatic heterocycles. The SMILES string of the molecule is CC(C)(C)O.CC(C)N1CCCC1.Cc1nc2ccc(-c3nc4cc(C)c(CC(=O)O)c(-c5ccc(Cl)cc5)c4s3)cc2[nH]1. The zero-order chi connectivity index (χ0) is 32.2. The van der Waals surface area contributed by atoms with E-state index in [2.05, 4.69) is 34.8 Å². The Hall–Kier alpha value is -3.30. The van der Waals surface area contributed by atoms with Crippen molar-refractivity contribution in [3.8, 4) is 21.7 Å². The third kappa shape index (κ3) is 8.88. The Morgan fingerprint density at radius 1 is 1.00 bits per heavy atom. The molecule has 0 saturated carbocycles. The van der Waals surface area contributed by atoms with Crippen LogP contribution in [0, 0.1) is 13.8 Å². The lowest BCUT2D eigenvalue weighted by Gasteiger charge is -2.18. The van der Waals surface area contributed by atoms with Gasteiger partial charge >= 0.3 is 5.97 Å². The number of imidazole rings is 1. The molecule has 5 aromatic rings. The van der Waals surface area contributed by atoms with Crippen LogP contribution in [0.25, 0.3) is 42.9 Å². The summed E-state index contributed by atoms with van der Waals surface area (Å²) in [6, 6.07) is 16.3. The highest BCUT2D eigenvalue weighted by molar-refractivity contribution is 7.22. The van der Waals surface area contributed by atoms with Crippen LogP contribution in [-0.2, 0) is 11.2 Å². The van der Waals surface area contributed by atoms with Gasteiger partial charge in [-0.3, -0.25) is 4.79 Å². The number of aliphatic carboxylic acids is 1. The van der Waals surface area contributed by atoms with Crippen LogP contribution in [0.4, 0.5) is 0 Å². The number of aryl methyl sites for hydroxylation is 2. The summed E-state index contributed by atoms with van der Waals surface area (Å²) in [4.78, 5) is 26.8. The third-order valence-electron chi connectivity index (χ3n) is 7.19. The average Bonchev–Trinajstić information content (AvgIpc) is 3.68. The number of halogens is 1. The van der Waals surface area contributed by atoms with Crippen molar-refractivity contribution in [1.82, 2.24) is 19.9 Å². The molecule has 1 fully saturated rings. The number of nitrogens with one attached hydrogen (secondary N) is 1. The lowest BCUT2D eigenvalue weighted by atomic mass is 9.93. The number of nitrogens with zero attached hydrogens (tertiary/aromatic N) is 3. The van der Waals surface area contributed by atoms with Crippen LogP contribution in [0.3, 0.4) is 0 Å². The molecule has 1 aliphatic heterocycles. The predicted molar refractivity (Wildman–Crippen MR) is 184 cm³/mol. The second kappa shape index (κ2) is 14.2. The number of hydrogen-bond donors (Lipinski definition) is 3. The van der Waals surface area contributed by atoms with E-state index < -0.39 is 11.6 Å². The van der Waals surface area contributed by atoms with E-state index in [1.807, 2.05) is 56.3 Å². The highest BCUT2D eigenvalue weighted by Crippen LogP contribution is 2.41. The molecule has 0 atom stereocenters. The van der Waals surface area contributed by atoms with Gasteiger partial charge < -0.3 is 20.1 Å². The van der Waals surface area contributed by atoms with Gasteiger partial charge in [0.1, 0.15) is 10.8 Å². The first-order chi connectivity index (χ1) is 20.7. The van der Waals surface area contributed by atoms with Crippen molar-refractivity contribution in [3.63, 3.8) is 0 Å². The molecular formula is C35H43ClN4O3S. The highest BCUT2D eigenvalue weighted by atomic mass is 35.5. The number of aromatic amines is 1. The molecule has 1 saturated heterocycles. The minimum atomic E-state index is -0.859. The molecule has 3 N–H and O–H groups in total. The maximum atomic E-state index is 11.6. The third-order valence-corrected chi connectivity index (χ3v) is 8.58. The number of carboxylic acids is 1. The summed E-state index contributed by atoms with van der Waals surface area (Å²) < 4.78 is 0.972. The molecule has 234 valence electrons. The van der Waals surface area contributed by atoms with Crippen LogP contribution in [0.2, 0.25) is 5.02 Å². The Balaban J connectivity index is 0.000000284. The van der Waals surface area contributed by atoms with Gasteiger partial charge in [0.15, 0.2) is 0 Å². The first-order valence-corrected chi connectivity index (χ1v) is 16.2. The normalized spacial score (nSPS) is 13.6. The largest absolute Gasteiger partial charge is 0.481 e. The van der Waals surface area contributed by atoms with Crippen molar-refractivity contribution in [1.29, 1.82) is 0 Å². The molecule has 0 aliphatic carbocycles. The number of hydrogen-bond acceptors (Lipinski definition) is 6. The van der Waals surface area contributed by atoms with Crippen LogP contribution >= 0.6 is 22.9 Å². The lowest BCUT2D eigenvalue weighted by molar-refractivity contribution is -0.136. The fraction of sp³-hybridized carbons (Fsp3) is 0.400. The van der Waals surface area contributed by atoms with Gasteiger partial charge in [-0.15, -0.1) is 11.3 Å². The van der Waals surface area contributed by atoms with E-state index in [-0.39, 0.29) is 6.42 Å². The summed E-state index contributed by atoms with van der Waals surface area (Å²) in [7, 11) is 0. The van der Waals surface area contributed by atoms with Crippen LogP contribution in [-0.4, -0.2) is 60.8 Å². The number of benzene rings is 3. The van der Waals surface area contributed by atoms with E-state index in [0.29, 0.717) is 5.02 Å². The fourth-order valence-corrected chi connectivity index (χ4v) is 6.45. The van der Waals surface area contributed by atoms with E-state index in [4.69, 9.17) is 21.7 Å². The van der Waals surface area contributed by atoms with Crippen molar-refractivity contribution >= 4 is 50.2 Å². The van der Waals surface area contributed by atoms with Gasteiger partial charge in [-0.25, -0.2) is 9.97 Å². The van der Waals surface area contributed by atoms with E-state index >= 15 is 0 Å². The molecule has 6 rings (SSSR count). The zero-order valence-electron chi connectivity index (χ0n) is 26.7. The second-order valence-electron chi connectivity index (χ2n) is 12.6. The first-order valence-electron chi connectivity index (χ1n) is 15.0. The number of rotatable bonds is 5. The van der Waals surface area contributed by atoms with Crippen molar-refractivity contribution in [2.45, 2.75) is 79.4 Å². The number of aliphatic hydroxyl groups is 1. The van der Waals surface area contributed by atoms with Crippen molar-refractivity contribution in [3.05, 3.63) is 70.5 Å². The van der Waals surface area contributed by atoms with Crippen LogP contribution in [0.1, 0.15) is 64.4 Å². The van der Waals surface area contributed by atoms with Gasteiger partial charge in [0.05, 0.1) is 33.3 Å². The van der Waals surface area contributed by atoms with E-state index in [1.54, 1.807) is 32.1 Å². The quantitative estimate of drug-likeness (QED) is 0.179. The average molecular weight is 635 g/mol. The van der Waals surface area contributed by atoms with Crippen molar-refractivity contribution < 1.29 is 15.0 Å². The summed E-state index contributed by atoms with van der Waals surface area (Å²) in [5.74, 6) is 0.0119. The van der Waals surface area contributed by atoms with Crippen molar-refractivity contribution in [2.75, 3.05) is 13.1 Å². The maximum absolute atomic E-state index is 11.6. The number of thiazole rings is 1. The molecule has 0 radical (unpaired) electrons. The lowest BCUT2D eigenvalue weighted by Crippen LogP contribution is -2.26. The topological polar surface area (TPSA) is 102 Å². The first kappa shape index (κ1) is 33.6. The van der Waals surface area contributed by atoms with E-state index in [1.165, 1.54) is 25.9 Å². The van der Waals surface area contributed by atoms with Crippen LogP contribution in [0.15, 0.2) is 48.5 Å². The van der Waals surface area contributed by atoms with Gasteiger partial charge in [-0.05, 0) is 127 Å². The summed E-state index contributed by atoms with van der Waals surface area (Å²) in [5, 5.41) is 19.6. The van der Waals surface area contributed by atoms with Gasteiger partial charge in [-0.2, -0.15) is 0 Å². The van der Waals surface area contributed by atoms with Gasteiger partial charge in [0.25, 0.3) is 0 Å². The molecule has 44 heavy (non-hydrogen) atoms. The standard InChI is InChI=1S/C24H18ClN3O2S.C7H15N.C4H10O/c1-12-9-20-23(22(17(12)11-21(29)30)14-3-6-16(25)7-4-14)31-24(28-20)15-5-8-18-19(10-15)27-13(2)26-18;1-7(2)8-5-3-4-6-8;1-4(2,3)5/h3-10H,11H2,1-2H3,(H,26,27)(H,29,30);7H,3-6H2,1-2H3;5H,1-3H3. The smallest absolute Gasteiger partial charge is 0.307 e. The second-order valence-corrected chi connectivity index (χ2v) is 14.0. The van der Waals surface area contributed by atoms with E-state index in [0.717, 1.165) is 65.9 Å². The summed E-state index contributed by atoms with van der Waals surface area (Å²) in [6.45, 7) is 16.3. The molecule has 0 spiro atoms. The minimum Gasteiger partial charge on any atom is -0.481 e. The summed E-state index contributed by atoms with van der Waals surface area (Å²) in [6.07, 6.45) is 2.78. The molecule has 7 nitrogen and oxygen atoms in total. The Morgan fingerprint density at radius 3 is 2.18 bits per heavy atom. The minimum absolute atomic E-state index is 0.0493. The van der Waals surface area contributed by atoms with Crippen molar-refractivity contribution in [2.24, 2.45) is 0 Å². The molecule has 3 aromatic carbocycles. The molecule has 0 amide bonds. The zero-order valence-corrected chi connectivity index (χ0v) is 28.2. The number of aromatic nitrogens is 3. The molecule has 3 heterocycles. The number of likely N-dealkylation sites (tertiary alicyclic amines) is 1. The number of H-pyrrole nitrogens is 1. The van der Waals surface area contributed by atoms with Crippen LogP contribution in [0.5, 0.6) is 0 Å². The van der Waals surface area contributed by atoms with E-state index in [9.17, 15) is 9.90 Å². The van der Waals surface area contributed by atoms with Gasteiger partial charge in [-0.1, -0.05) is 23.7 Å². The van der Waals surface area contributed by atoms with Gasteiger partial charge in [0, 0.05) is 22.2 Å². The summed E-state index contributed by atoms with van der Waals surface area (Å²) in [5.41, 5.74) is 6.81. The Morgan fingerprint density at radius 2 is 1.61 bits per heavy atom. The van der Waals surface area contributed by atoms with Gasteiger partial charge in [0.2, 0.25) is 0 Å². The Labute approximate surface area is 268 Å². The monoisotopic (exact) mass is 634 g/mol. The molecule has 0 unspecified atom stereocenters. The number of carboxylic acid groups (broad SMARTS) is 1. The Bertz CT molecular complexity index is 1720. The highest BCUT2D eigenvalue weighted by Gasteiger charge is 2.20. The number of carbonyl (C=O) groups is 1. The predicted octanol–water partition coefficient (Wildman–Crippen LogP) is 8.67. The fourth-order valence-electron chi connectivity index (χ4n) is 5.19. The maximum Gasteiger partial charge on any atom is 0.307 e. The molecular weight excluding hydrogens is 592 g/mol. The molecule has 1 aliphatic rings.